The zero-order valence-electron chi connectivity index (χ0n) is 11.7. The number of benzene rings is 2. The number of hydrogen-bond acceptors (Lipinski definition) is 4. The molecule has 4 nitrogen and oxygen atoms in total. The lowest BCUT2D eigenvalue weighted by atomic mass is 10.1. The number of methoxy groups -OCH3 is 1. The van der Waals surface area contributed by atoms with Crippen molar-refractivity contribution in [1.29, 1.82) is 0 Å². The van der Waals surface area contributed by atoms with Gasteiger partial charge in [0.25, 0.3) is 0 Å². The Morgan fingerprint density at radius 3 is 2.86 bits per heavy atom. The summed E-state index contributed by atoms with van der Waals surface area (Å²) >= 11 is 0. The number of anilines is 1. The maximum atomic E-state index is 5.98. The van der Waals surface area contributed by atoms with Gasteiger partial charge in [-0.2, -0.15) is 0 Å². The van der Waals surface area contributed by atoms with Gasteiger partial charge in [-0.05, 0) is 42.0 Å². The molecule has 0 fully saturated rings. The number of nitrogens with zero attached hydrogens (tertiary/aromatic N) is 1. The van der Waals surface area contributed by atoms with E-state index in [9.17, 15) is 0 Å². The van der Waals surface area contributed by atoms with Crippen LogP contribution in [0, 0.1) is 0 Å². The van der Waals surface area contributed by atoms with Gasteiger partial charge >= 0.3 is 0 Å². The van der Waals surface area contributed by atoms with E-state index in [-0.39, 0.29) is 0 Å². The normalized spacial score (nSPS) is 10.7. The minimum atomic E-state index is 0.557. The van der Waals surface area contributed by atoms with Crippen LogP contribution < -0.4 is 10.5 Å². The van der Waals surface area contributed by atoms with Crippen LogP contribution in [0.2, 0.25) is 0 Å². The third-order valence-corrected chi connectivity index (χ3v) is 3.20. The van der Waals surface area contributed by atoms with E-state index >= 15 is 0 Å². The molecule has 0 atom stereocenters. The van der Waals surface area contributed by atoms with Crippen LogP contribution in [0.1, 0.15) is 5.56 Å². The maximum absolute atomic E-state index is 5.98. The summed E-state index contributed by atoms with van der Waals surface area (Å²) in [6, 6.07) is 15.3. The van der Waals surface area contributed by atoms with Crippen molar-refractivity contribution in [3.05, 3.63) is 60.3 Å². The Hall–Kier alpha value is -2.59. The molecule has 4 heteroatoms. The third-order valence-electron chi connectivity index (χ3n) is 3.20. The predicted octanol–water partition coefficient (Wildman–Crippen LogP) is 3.76. The van der Waals surface area contributed by atoms with Crippen molar-refractivity contribution in [1.82, 2.24) is 4.98 Å². The minimum Gasteiger partial charge on any atom is -0.457 e. The lowest BCUT2D eigenvalue weighted by molar-refractivity contribution is 0.184. The fourth-order valence-electron chi connectivity index (χ4n) is 2.25. The largest absolute Gasteiger partial charge is 0.457 e. The molecule has 0 spiro atoms. The Kier molecular flexibility index (Phi) is 3.71. The van der Waals surface area contributed by atoms with Crippen LogP contribution in [0.5, 0.6) is 11.5 Å². The third kappa shape index (κ3) is 2.80. The van der Waals surface area contributed by atoms with E-state index in [0.717, 1.165) is 28.0 Å². The minimum absolute atomic E-state index is 0.557. The molecule has 21 heavy (non-hydrogen) atoms. The fraction of sp³-hybridized carbons (Fsp3) is 0.118. The van der Waals surface area contributed by atoms with Crippen molar-refractivity contribution in [2.75, 3.05) is 12.8 Å². The lowest BCUT2D eigenvalue weighted by Gasteiger charge is -2.11. The van der Waals surface area contributed by atoms with Crippen LogP contribution in [0.3, 0.4) is 0 Å². The molecule has 1 heterocycles. The number of ether oxygens (including phenoxy) is 2. The Morgan fingerprint density at radius 1 is 1.10 bits per heavy atom. The summed E-state index contributed by atoms with van der Waals surface area (Å²) in [7, 11) is 1.67. The molecule has 0 radical (unpaired) electrons. The van der Waals surface area contributed by atoms with Gasteiger partial charge in [0, 0.05) is 18.7 Å². The number of aromatic nitrogens is 1. The first-order valence-corrected chi connectivity index (χ1v) is 6.67. The zero-order chi connectivity index (χ0) is 14.7. The van der Waals surface area contributed by atoms with Crippen LogP contribution >= 0.6 is 0 Å². The van der Waals surface area contributed by atoms with Gasteiger partial charge in [0.15, 0.2) is 0 Å². The SMILES string of the molecule is COCc1cccc(Oc2ccc(N)c3ncccc23)c1. The van der Waals surface area contributed by atoms with E-state index in [2.05, 4.69) is 4.98 Å². The van der Waals surface area contributed by atoms with Crippen LogP contribution in [-0.2, 0) is 11.3 Å². The summed E-state index contributed by atoms with van der Waals surface area (Å²) in [5.74, 6) is 1.50. The summed E-state index contributed by atoms with van der Waals surface area (Å²) in [6.45, 7) is 0.557. The van der Waals surface area contributed by atoms with Gasteiger partial charge in [-0.3, -0.25) is 4.98 Å². The van der Waals surface area contributed by atoms with E-state index in [1.165, 1.54) is 0 Å². The molecule has 0 aliphatic rings. The molecule has 0 unspecified atom stereocenters. The highest BCUT2D eigenvalue weighted by atomic mass is 16.5. The summed E-state index contributed by atoms with van der Waals surface area (Å²) in [6.07, 6.45) is 1.72. The molecule has 0 amide bonds. The molecular weight excluding hydrogens is 264 g/mol. The highest BCUT2D eigenvalue weighted by molar-refractivity contribution is 5.93. The molecule has 0 bridgehead atoms. The molecule has 3 aromatic rings. The smallest absolute Gasteiger partial charge is 0.136 e. The predicted molar refractivity (Wildman–Crippen MR) is 83.4 cm³/mol. The van der Waals surface area contributed by atoms with Crippen molar-refractivity contribution < 1.29 is 9.47 Å². The highest BCUT2D eigenvalue weighted by Gasteiger charge is 2.07. The second-order valence-electron chi connectivity index (χ2n) is 4.73. The van der Waals surface area contributed by atoms with Crippen molar-refractivity contribution in [3.63, 3.8) is 0 Å². The second-order valence-corrected chi connectivity index (χ2v) is 4.73. The van der Waals surface area contributed by atoms with Gasteiger partial charge < -0.3 is 15.2 Å². The van der Waals surface area contributed by atoms with Gasteiger partial charge in [0.2, 0.25) is 0 Å². The number of rotatable bonds is 4. The second kappa shape index (κ2) is 5.81. The molecule has 0 aliphatic heterocycles. The van der Waals surface area contributed by atoms with E-state index in [1.54, 1.807) is 13.3 Å². The van der Waals surface area contributed by atoms with E-state index in [1.807, 2.05) is 48.5 Å². The number of nitrogen functional groups attached to an aromatic ring is 1. The Morgan fingerprint density at radius 2 is 2.00 bits per heavy atom. The molecule has 0 aliphatic carbocycles. The first-order chi connectivity index (χ1) is 10.3. The van der Waals surface area contributed by atoms with Gasteiger partial charge in [0.05, 0.1) is 17.8 Å². The molecule has 106 valence electrons. The average molecular weight is 280 g/mol. The van der Waals surface area contributed by atoms with Crippen molar-refractivity contribution in [2.24, 2.45) is 0 Å². The van der Waals surface area contributed by atoms with E-state index in [0.29, 0.717) is 12.3 Å². The monoisotopic (exact) mass is 280 g/mol. The molecule has 2 N–H and O–H groups in total. The summed E-state index contributed by atoms with van der Waals surface area (Å²) in [5, 5.41) is 0.898. The Balaban J connectivity index is 1.98. The maximum Gasteiger partial charge on any atom is 0.136 e. The molecule has 2 aromatic carbocycles. The van der Waals surface area contributed by atoms with Gasteiger partial charge in [-0.25, -0.2) is 0 Å². The van der Waals surface area contributed by atoms with Gasteiger partial charge in [-0.1, -0.05) is 12.1 Å². The first-order valence-electron chi connectivity index (χ1n) is 6.67. The van der Waals surface area contributed by atoms with Crippen molar-refractivity contribution in [2.45, 2.75) is 6.61 Å². The topological polar surface area (TPSA) is 57.4 Å². The van der Waals surface area contributed by atoms with Crippen LogP contribution in [-0.4, -0.2) is 12.1 Å². The van der Waals surface area contributed by atoms with Crippen molar-refractivity contribution >= 4 is 16.6 Å². The van der Waals surface area contributed by atoms with E-state index < -0.39 is 0 Å². The molecule has 0 saturated heterocycles. The summed E-state index contributed by atoms with van der Waals surface area (Å²) in [4.78, 5) is 4.31. The van der Waals surface area contributed by atoms with Gasteiger partial charge in [0.1, 0.15) is 11.5 Å². The van der Waals surface area contributed by atoms with Crippen LogP contribution in [0.4, 0.5) is 5.69 Å². The van der Waals surface area contributed by atoms with Crippen LogP contribution in [0.25, 0.3) is 10.9 Å². The Bertz CT molecular complexity index is 772. The fourth-order valence-corrected chi connectivity index (χ4v) is 2.25. The standard InChI is InChI=1S/C17H16N2O2/c1-20-11-12-4-2-5-13(10-12)21-16-8-7-15(18)17-14(16)6-3-9-19-17/h2-10H,11,18H2,1H3. The number of pyridine rings is 1. The lowest BCUT2D eigenvalue weighted by Crippen LogP contribution is -1.93. The number of nitrogens with two attached hydrogens (primary N) is 1. The molecule has 1 aromatic heterocycles. The van der Waals surface area contributed by atoms with E-state index in [4.69, 9.17) is 15.2 Å². The summed E-state index contributed by atoms with van der Waals surface area (Å²) < 4.78 is 11.1. The van der Waals surface area contributed by atoms with Crippen LogP contribution in [0.15, 0.2) is 54.7 Å². The first kappa shape index (κ1) is 13.4. The average Bonchev–Trinajstić information content (AvgIpc) is 2.51. The van der Waals surface area contributed by atoms with Gasteiger partial charge in [-0.15, -0.1) is 0 Å². The highest BCUT2D eigenvalue weighted by Crippen LogP contribution is 2.32. The number of fused-ring (bicyclic) bond motifs is 1. The molecular formula is C17H16N2O2. The Labute approximate surface area is 123 Å². The van der Waals surface area contributed by atoms with Crippen molar-refractivity contribution in [3.8, 4) is 11.5 Å². The molecule has 0 saturated carbocycles. The summed E-state index contributed by atoms with van der Waals surface area (Å²) in [5.41, 5.74) is 8.41. The number of hydrogen-bond donors (Lipinski definition) is 1. The molecule has 3 rings (SSSR count). The zero-order valence-corrected chi connectivity index (χ0v) is 11.7. The quantitative estimate of drug-likeness (QED) is 0.739.